The zero-order valence-corrected chi connectivity index (χ0v) is 12.6. The predicted molar refractivity (Wildman–Crippen MR) is 81.0 cm³/mol. The van der Waals surface area contributed by atoms with Gasteiger partial charge >= 0.3 is 0 Å². The van der Waals surface area contributed by atoms with E-state index in [2.05, 4.69) is 5.32 Å². The first kappa shape index (κ1) is 16.2. The van der Waals surface area contributed by atoms with E-state index in [0.29, 0.717) is 5.69 Å². The van der Waals surface area contributed by atoms with Gasteiger partial charge in [-0.15, -0.1) is 0 Å². The molecule has 2 N–H and O–H groups in total. The van der Waals surface area contributed by atoms with Crippen molar-refractivity contribution in [2.24, 2.45) is 0 Å². The zero-order valence-electron chi connectivity index (χ0n) is 11.8. The van der Waals surface area contributed by atoms with Crippen LogP contribution in [0.2, 0.25) is 5.02 Å². The molecule has 1 heterocycles. The summed E-state index contributed by atoms with van der Waals surface area (Å²) in [7, 11) is 0. The number of benzene rings is 1. The van der Waals surface area contributed by atoms with Crippen molar-refractivity contribution in [3.8, 4) is 0 Å². The third kappa shape index (κ3) is 4.66. The number of nitrogens with zero attached hydrogens (tertiary/aromatic N) is 1. The second-order valence-corrected chi connectivity index (χ2v) is 5.74. The Bertz CT molecular complexity index is 499. The fourth-order valence-corrected chi connectivity index (χ4v) is 2.83. The normalized spacial score (nSPS) is 20.0. The summed E-state index contributed by atoms with van der Waals surface area (Å²) in [6, 6.07) is 3.90. The summed E-state index contributed by atoms with van der Waals surface area (Å²) in [5, 5.41) is 12.3. The first-order chi connectivity index (χ1) is 10.1. The quantitative estimate of drug-likeness (QED) is 0.898. The lowest BCUT2D eigenvalue weighted by atomic mass is 10.1. The van der Waals surface area contributed by atoms with Gasteiger partial charge in [0.15, 0.2) is 0 Å². The van der Waals surface area contributed by atoms with Crippen molar-refractivity contribution in [3.63, 3.8) is 0 Å². The first-order valence-electron chi connectivity index (χ1n) is 7.20. The molecule has 0 saturated carbocycles. The Hall–Kier alpha value is -1.17. The number of hydrogen-bond acceptors (Lipinski definition) is 3. The molecule has 6 heteroatoms. The van der Waals surface area contributed by atoms with Crippen LogP contribution in [-0.2, 0) is 4.79 Å². The number of aliphatic hydroxyl groups is 1. The average Bonchev–Trinajstić information content (AvgIpc) is 2.67. The maximum Gasteiger partial charge on any atom is 0.238 e. The second kappa shape index (κ2) is 7.73. The van der Waals surface area contributed by atoms with Gasteiger partial charge in [0.2, 0.25) is 5.91 Å². The number of amides is 1. The fraction of sp³-hybridized carbons (Fsp3) is 0.533. The lowest BCUT2D eigenvalue weighted by Crippen LogP contribution is -2.42. The summed E-state index contributed by atoms with van der Waals surface area (Å²) in [6.07, 6.45) is 4.13. The van der Waals surface area contributed by atoms with Crippen molar-refractivity contribution < 1.29 is 14.3 Å². The van der Waals surface area contributed by atoms with E-state index in [0.717, 1.165) is 32.2 Å². The Morgan fingerprint density at radius 3 is 2.95 bits per heavy atom. The summed E-state index contributed by atoms with van der Waals surface area (Å²) < 4.78 is 13.0. The summed E-state index contributed by atoms with van der Waals surface area (Å²) in [4.78, 5) is 14.1. The lowest BCUT2D eigenvalue weighted by Gasteiger charge is -2.27. The van der Waals surface area contributed by atoms with E-state index in [4.69, 9.17) is 11.6 Å². The minimum Gasteiger partial charge on any atom is -0.395 e. The molecule has 0 aromatic heterocycles. The molecule has 0 radical (unpaired) electrons. The van der Waals surface area contributed by atoms with E-state index in [9.17, 15) is 14.3 Å². The molecule has 0 spiro atoms. The van der Waals surface area contributed by atoms with Crippen molar-refractivity contribution in [1.29, 1.82) is 0 Å². The first-order valence-corrected chi connectivity index (χ1v) is 7.58. The Labute approximate surface area is 128 Å². The molecule has 1 unspecified atom stereocenters. The van der Waals surface area contributed by atoms with Crippen molar-refractivity contribution in [2.75, 3.05) is 25.0 Å². The van der Waals surface area contributed by atoms with E-state index in [1.54, 1.807) is 0 Å². The number of anilines is 1. The molecule has 1 aromatic rings. The maximum absolute atomic E-state index is 13.0. The van der Waals surface area contributed by atoms with Crippen molar-refractivity contribution in [1.82, 2.24) is 4.90 Å². The monoisotopic (exact) mass is 314 g/mol. The number of hydrogen-bond donors (Lipinski definition) is 2. The highest BCUT2D eigenvalue weighted by Crippen LogP contribution is 2.22. The number of aliphatic hydroxyl groups excluding tert-OH is 1. The van der Waals surface area contributed by atoms with Crippen LogP contribution < -0.4 is 5.32 Å². The Kier molecular flexibility index (Phi) is 5.96. The fourth-order valence-electron chi connectivity index (χ4n) is 2.62. The smallest absolute Gasteiger partial charge is 0.238 e. The number of carbonyl (C=O) groups excluding carboxylic acids is 1. The number of nitrogens with one attached hydrogen (secondary N) is 1. The van der Waals surface area contributed by atoms with Crippen LogP contribution in [0, 0.1) is 5.82 Å². The second-order valence-electron chi connectivity index (χ2n) is 5.33. The van der Waals surface area contributed by atoms with Gasteiger partial charge < -0.3 is 10.4 Å². The topological polar surface area (TPSA) is 52.6 Å². The van der Waals surface area contributed by atoms with Crippen LogP contribution in [-0.4, -0.2) is 41.7 Å². The molecule has 1 aliphatic heterocycles. The van der Waals surface area contributed by atoms with Crippen molar-refractivity contribution in [2.45, 2.75) is 31.7 Å². The molecular weight excluding hydrogens is 295 g/mol. The van der Waals surface area contributed by atoms with Gasteiger partial charge in [-0.1, -0.05) is 24.4 Å². The summed E-state index contributed by atoms with van der Waals surface area (Å²) in [5.41, 5.74) is 0.401. The number of rotatable bonds is 4. The van der Waals surface area contributed by atoms with Crippen LogP contribution in [0.3, 0.4) is 0 Å². The van der Waals surface area contributed by atoms with Crippen LogP contribution in [0.1, 0.15) is 25.7 Å². The molecule has 1 fully saturated rings. The third-order valence-corrected chi connectivity index (χ3v) is 4.07. The van der Waals surface area contributed by atoms with Gasteiger partial charge in [-0.3, -0.25) is 9.69 Å². The van der Waals surface area contributed by atoms with Crippen molar-refractivity contribution in [3.05, 3.63) is 29.0 Å². The average molecular weight is 315 g/mol. The highest BCUT2D eigenvalue weighted by molar-refractivity contribution is 6.33. The molecule has 1 saturated heterocycles. The van der Waals surface area contributed by atoms with Crippen LogP contribution in [0.5, 0.6) is 0 Å². The van der Waals surface area contributed by atoms with Gasteiger partial charge in [-0.05, 0) is 37.6 Å². The molecule has 1 aromatic carbocycles. The number of likely N-dealkylation sites (tertiary alicyclic amines) is 1. The van der Waals surface area contributed by atoms with Gasteiger partial charge in [0.1, 0.15) is 5.82 Å². The van der Waals surface area contributed by atoms with Crippen LogP contribution in [0.4, 0.5) is 10.1 Å². The summed E-state index contributed by atoms with van der Waals surface area (Å²) >= 11 is 5.89. The minimum atomic E-state index is -0.439. The molecule has 2 rings (SSSR count). The van der Waals surface area contributed by atoms with Gasteiger partial charge in [0.25, 0.3) is 0 Å². The van der Waals surface area contributed by atoms with Crippen molar-refractivity contribution >= 4 is 23.2 Å². The van der Waals surface area contributed by atoms with Gasteiger partial charge in [0, 0.05) is 6.04 Å². The molecule has 0 bridgehead atoms. The maximum atomic E-state index is 13.0. The SMILES string of the molecule is O=C(CN1CCCCCC1CO)Nc1ccc(F)cc1Cl. The van der Waals surface area contributed by atoms with E-state index in [1.165, 1.54) is 18.2 Å². The molecule has 1 atom stereocenters. The molecule has 0 aliphatic carbocycles. The Morgan fingerprint density at radius 2 is 2.24 bits per heavy atom. The highest BCUT2D eigenvalue weighted by Gasteiger charge is 2.22. The molecule has 116 valence electrons. The van der Waals surface area contributed by atoms with E-state index < -0.39 is 5.82 Å². The van der Waals surface area contributed by atoms with Crippen LogP contribution >= 0.6 is 11.6 Å². The minimum absolute atomic E-state index is 0.0296. The number of halogens is 2. The number of carbonyl (C=O) groups is 1. The van der Waals surface area contributed by atoms with Gasteiger partial charge in [-0.2, -0.15) is 0 Å². The largest absolute Gasteiger partial charge is 0.395 e. The van der Waals surface area contributed by atoms with Crippen LogP contribution in [0.15, 0.2) is 18.2 Å². The lowest BCUT2D eigenvalue weighted by molar-refractivity contribution is -0.118. The Morgan fingerprint density at radius 1 is 1.43 bits per heavy atom. The molecular formula is C15H20ClFN2O2. The van der Waals surface area contributed by atoms with Gasteiger partial charge in [0.05, 0.1) is 23.9 Å². The summed E-state index contributed by atoms with van der Waals surface area (Å²) in [6.45, 7) is 1.07. The third-order valence-electron chi connectivity index (χ3n) is 3.76. The van der Waals surface area contributed by atoms with E-state index >= 15 is 0 Å². The summed E-state index contributed by atoms with van der Waals surface area (Å²) in [5.74, 6) is -0.644. The Balaban J connectivity index is 1.96. The zero-order chi connectivity index (χ0) is 15.2. The van der Waals surface area contributed by atoms with E-state index in [-0.39, 0.29) is 30.1 Å². The molecule has 4 nitrogen and oxygen atoms in total. The van der Waals surface area contributed by atoms with Crippen LogP contribution in [0.25, 0.3) is 0 Å². The van der Waals surface area contributed by atoms with Gasteiger partial charge in [-0.25, -0.2) is 4.39 Å². The predicted octanol–water partition coefficient (Wildman–Crippen LogP) is 2.65. The molecule has 1 amide bonds. The molecule has 1 aliphatic rings. The van der Waals surface area contributed by atoms with E-state index in [1.807, 2.05) is 4.90 Å². The molecule has 21 heavy (non-hydrogen) atoms. The standard InChI is InChI=1S/C15H20ClFN2O2/c16-13-8-11(17)5-6-14(13)18-15(21)9-19-7-3-1-2-4-12(19)10-20/h5-6,8,12,20H,1-4,7,9-10H2,(H,18,21). The highest BCUT2D eigenvalue weighted by atomic mass is 35.5.